The molecule has 0 aliphatic heterocycles. The van der Waals surface area contributed by atoms with Crippen LogP contribution in [0.1, 0.15) is 10.4 Å². The lowest BCUT2D eigenvalue weighted by atomic mass is 10.2. The molecular weight excluding hydrogens is 239 g/mol. The van der Waals surface area contributed by atoms with Gasteiger partial charge in [0.25, 0.3) is 5.91 Å². The Balaban J connectivity index is 2.70. The highest BCUT2D eigenvalue weighted by atomic mass is 19.1. The lowest BCUT2D eigenvalue weighted by Crippen LogP contribution is -2.36. The first-order valence-corrected chi connectivity index (χ1v) is 5.27. The average molecular weight is 254 g/mol. The van der Waals surface area contributed by atoms with Gasteiger partial charge < -0.3 is 15.0 Å². The fourth-order valence-corrected chi connectivity index (χ4v) is 1.22. The Bertz CT molecular complexity index is 461. The van der Waals surface area contributed by atoms with Gasteiger partial charge in [-0.25, -0.2) is 4.39 Å². The van der Waals surface area contributed by atoms with E-state index in [2.05, 4.69) is 5.32 Å². The summed E-state index contributed by atoms with van der Waals surface area (Å²) in [6, 6.07) is 3.90. The summed E-state index contributed by atoms with van der Waals surface area (Å²) in [5.41, 5.74) is -0.123. The van der Waals surface area contributed by atoms with Crippen molar-refractivity contribution in [2.75, 3.05) is 27.7 Å². The lowest BCUT2D eigenvalue weighted by molar-refractivity contribution is -0.127. The number of carbonyl (C=O) groups is 2. The van der Waals surface area contributed by atoms with E-state index in [9.17, 15) is 14.0 Å². The average Bonchev–Trinajstić information content (AvgIpc) is 2.34. The van der Waals surface area contributed by atoms with Crippen molar-refractivity contribution < 1.29 is 18.7 Å². The monoisotopic (exact) mass is 254 g/mol. The highest BCUT2D eigenvalue weighted by Crippen LogP contribution is 2.15. The molecule has 0 spiro atoms. The number of halogens is 1. The maximum Gasteiger partial charge on any atom is 0.254 e. The van der Waals surface area contributed by atoms with Gasteiger partial charge in [0, 0.05) is 20.2 Å². The van der Waals surface area contributed by atoms with Gasteiger partial charge in [0.1, 0.15) is 11.6 Å². The van der Waals surface area contributed by atoms with Crippen molar-refractivity contribution in [3.05, 3.63) is 29.6 Å². The summed E-state index contributed by atoms with van der Waals surface area (Å²) in [4.78, 5) is 24.2. The van der Waals surface area contributed by atoms with E-state index in [4.69, 9.17) is 4.74 Å². The third-order valence-corrected chi connectivity index (χ3v) is 2.32. The Hall–Kier alpha value is -2.11. The van der Waals surface area contributed by atoms with Gasteiger partial charge in [-0.3, -0.25) is 9.59 Å². The van der Waals surface area contributed by atoms with E-state index in [0.29, 0.717) is 5.75 Å². The van der Waals surface area contributed by atoms with Gasteiger partial charge in [0.2, 0.25) is 5.91 Å². The maximum absolute atomic E-state index is 13.5. The fraction of sp³-hybridized carbons (Fsp3) is 0.333. The summed E-state index contributed by atoms with van der Waals surface area (Å²) in [5, 5.41) is 2.35. The standard InChI is InChI=1S/C12H15FN2O3/c1-15(2)11(16)7-14-12(17)9-5-4-8(18-3)6-10(9)13/h4-6H,7H2,1-3H3,(H,14,17). The van der Waals surface area contributed by atoms with Crippen molar-refractivity contribution in [2.24, 2.45) is 0 Å². The molecule has 2 amide bonds. The summed E-state index contributed by atoms with van der Waals surface area (Å²) in [5.74, 6) is -1.26. The number of hydrogen-bond acceptors (Lipinski definition) is 3. The zero-order chi connectivity index (χ0) is 13.7. The Kier molecular flexibility index (Phi) is 4.65. The third-order valence-electron chi connectivity index (χ3n) is 2.32. The van der Waals surface area contributed by atoms with Crippen LogP contribution in [-0.2, 0) is 4.79 Å². The molecule has 6 heteroatoms. The topological polar surface area (TPSA) is 58.6 Å². The minimum atomic E-state index is -0.691. The van der Waals surface area contributed by atoms with Crippen LogP contribution in [0.2, 0.25) is 0 Å². The van der Waals surface area contributed by atoms with Crippen molar-refractivity contribution >= 4 is 11.8 Å². The van der Waals surface area contributed by atoms with Gasteiger partial charge in [-0.1, -0.05) is 0 Å². The van der Waals surface area contributed by atoms with E-state index in [1.165, 1.54) is 24.1 Å². The van der Waals surface area contributed by atoms with Crippen LogP contribution in [0.15, 0.2) is 18.2 Å². The highest BCUT2D eigenvalue weighted by molar-refractivity contribution is 5.96. The number of carbonyl (C=O) groups excluding carboxylic acids is 2. The van der Waals surface area contributed by atoms with Crippen LogP contribution >= 0.6 is 0 Å². The zero-order valence-corrected chi connectivity index (χ0v) is 10.5. The molecule has 1 rings (SSSR count). The zero-order valence-electron chi connectivity index (χ0n) is 10.5. The molecule has 0 saturated heterocycles. The Morgan fingerprint density at radius 3 is 2.56 bits per heavy atom. The maximum atomic E-state index is 13.5. The number of rotatable bonds is 4. The molecule has 1 N–H and O–H groups in total. The van der Waals surface area contributed by atoms with Crippen molar-refractivity contribution in [1.82, 2.24) is 10.2 Å². The molecule has 0 aliphatic rings. The second-order valence-electron chi connectivity index (χ2n) is 3.82. The van der Waals surface area contributed by atoms with Crippen LogP contribution in [-0.4, -0.2) is 44.5 Å². The SMILES string of the molecule is COc1ccc(C(=O)NCC(=O)N(C)C)c(F)c1. The molecule has 18 heavy (non-hydrogen) atoms. The number of methoxy groups -OCH3 is 1. The van der Waals surface area contributed by atoms with Crippen molar-refractivity contribution in [1.29, 1.82) is 0 Å². The first kappa shape index (κ1) is 14.0. The fourth-order valence-electron chi connectivity index (χ4n) is 1.22. The molecule has 1 aromatic rings. The molecule has 0 atom stereocenters. The summed E-state index contributed by atoms with van der Waals surface area (Å²) in [7, 11) is 4.55. The number of benzene rings is 1. The predicted octanol–water partition coefficient (Wildman–Crippen LogP) is 0.652. The molecule has 0 bridgehead atoms. The van der Waals surface area contributed by atoms with Crippen LogP contribution in [0.3, 0.4) is 0 Å². The van der Waals surface area contributed by atoms with E-state index in [-0.39, 0.29) is 18.0 Å². The summed E-state index contributed by atoms with van der Waals surface area (Å²) < 4.78 is 18.4. The third kappa shape index (κ3) is 3.44. The van der Waals surface area contributed by atoms with Gasteiger partial charge in [-0.05, 0) is 12.1 Å². The van der Waals surface area contributed by atoms with Crippen LogP contribution < -0.4 is 10.1 Å². The predicted molar refractivity (Wildman–Crippen MR) is 64.0 cm³/mol. The molecule has 0 heterocycles. The second kappa shape index (κ2) is 6.00. The number of amides is 2. The molecule has 0 fully saturated rings. The molecule has 5 nitrogen and oxygen atoms in total. The lowest BCUT2D eigenvalue weighted by Gasteiger charge is -2.11. The first-order valence-electron chi connectivity index (χ1n) is 5.27. The summed E-state index contributed by atoms with van der Waals surface area (Å²) in [6.45, 7) is -0.169. The summed E-state index contributed by atoms with van der Waals surface area (Å²) >= 11 is 0. The van der Waals surface area contributed by atoms with E-state index >= 15 is 0 Å². The number of hydrogen-bond donors (Lipinski definition) is 1. The number of nitrogens with one attached hydrogen (secondary N) is 1. The van der Waals surface area contributed by atoms with Gasteiger partial charge in [-0.2, -0.15) is 0 Å². The molecule has 0 unspecified atom stereocenters. The number of nitrogens with zero attached hydrogens (tertiary/aromatic N) is 1. The van der Waals surface area contributed by atoms with Crippen LogP contribution in [0.25, 0.3) is 0 Å². The van der Waals surface area contributed by atoms with Crippen LogP contribution in [0, 0.1) is 5.82 Å². The van der Waals surface area contributed by atoms with Crippen LogP contribution in [0.5, 0.6) is 5.75 Å². The minimum Gasteiger partial charge on any atom is -0.497 e. The van der Waals surface area contributed by atoms with Gasteiger partial charge in [-0.15, -0.1) is 0 Å². The molecule has 0 aromatic heterocycles. The molecule has 0 saturated carbocycles. The Labute approximate surface area is 105 Å². The molecule has 0 radical (unpaired) electrons. The smallest absolute Gasteiger partial charge is 0.254 e. The van der Waals surface area contributed by atoms with E-state index < -0.39 is 11.7 Å². The van der Waals surface area contributed by atoms with E-state index in [1.54, 1.807) is 14.1 Å². The molecule has 1 aromatic carbocycles. The molecular formula is C12H15FN2O3. The van der Waals surface area contributed by atoms with Crippen LogP contribution in [0.4, 0.5) is 4.39 Å². The van der Waals surface area contributed by atoms with Gasteiger partial charge in [0.05, 0.1) is 19.2 Å². The Morgan fingerprint density at radius 2 is 2.06 bits per heavy atom. The molecule has 98 valence electrons. The second-order valence-corrected chi connectivity index (χ2v) is 3.82. The van der Waals surface area contributed by atoms with Crippen molar-refractivity contribution in [3.63, 3.8) is 0 Å². The first-order chi connectivity index (χ1) is 8.45. The summed E-state index contributed by atoms with van der Waals surface area (Å²) in [6.07, 6.45) is 0. The quantitative estimate of drug-likeness (QED) is 0.858. The van der Waals surface area contributed by atoms with Crippen molar-refractivity contribution in [2.45, 2.75) is 0 Å². The number of ether oxygens (including phenoxy) is 1. The van der Waals surface area contributed by atoms with Crippen molar-refractivity contribution in [3.8, 4) is 5.75 Å². The minimum absolute atomic E-state index is 0.123. The van der Waals surface area contributed by atoms with E-state index in [1.807, 2.05) is 0 Å². The normalized spacial score (nSPS) is 9.78. The number of likely N-dealkylation sites (N-methyl/N-ethyl adjacent to an activating group) is 1. The van der Waals surface area contributed by atoms with E-state index in [0.717, 1.165) is 6.07 Å². The molecule has 0 aliphatic carbocycles. The highest BCUT2D eigenvalue weighted by Gasteiger charge is 2.14. The van der Waals surface area contributed by atoms with Gasteiger partial charge in [0.15, 0.2) is 0 Å². The Morgan fingerprint density at radius 1 is 1.39 bits per heavy atom. The van der Waals surface area contributed by atoms with Gasteiger partial charge >= 0.3 is 0 Å². The largest absolute Gasteiger partial charge is 0.497 e.